The van der Waals surface area contributed by atoms with Gasteiger partial charge in [-0.15, -0.1) is 0 Å². The van der Waals surface area contributed by atoms with Crippen LogP contribution >= 0.6 is 23.2 Å². The van der Waals surface area contributed by atoms with E-state index in [9.17, 15) is 4.79 Å². The molecule has 0 atom stereocenters. The molecule has 0 heterocycles. The predicted molar refractivity (Wildman–Crippen MR) is 72.6 cm³/mol. The largest absolute Gasteiger partial charge is 0.323 e. The standard InChI is InChI=1S/C12H14Cl2N2O/c1-8(2)5-6-15-12(17)16-11-7-9(13)3-4-10(11)14/h3-8H,1-2H3,(H2,15,16,17)/b6-5+. The predicted octanol–water partition coefficient (Wildman–Crippen LogP) is 4.28. The summed E-state index contributed by atoms with van der Waals surface area (Å²) in [4.78, 5) is 11.5. The lowest BCUT2D eigenvalue weighted by Crippen LogP contribution is -2.24. The van der Waals surface area contributed by atoms with Crippen molar-refractivity contribution in [1.29, 1.82) is 0 Å². The van der Waals surface area contributed by atoms with Gasteiger partial charge in [-0.3, -0.25) is 0 Å². The van der Waals surface area contributed by atoms with Crippen LogP contribution in [-0.2, 0) is 0 Å². The second-order valence-corrected chi connectivity index (χ2v) is 4.67. The molecular formula is C12H14Cl2N2O. The first-order chi connectivity index (χ1) is 7.99. The van der Waals surface area contributed by atoms with Crippen LogP contribution in [0, 0.1) is 5.92 Å². The number of amides is 2. The van der Waals surface area contributed by atoms with Gasteiger partial charge in [0.15, 0.2) is 0 Å². The quantitative estimate of drug-likeness (QED) is 0.847. The summed E-state index contributed by atoms with van der Waals surface area (Å²) in [7, 11) is 0. The molecule has 0 aromatic heterocycles. The van der Waals surface area contributed by atoms with Crippen molar-refractivity contribution in [2.75, 3.05) is 5.32 Å². The number of halogens is 2. The summed E-state index contributed by atoms with van der Waals surface area (Å²) in [5, 5.41) is 6.14. The van der Waals surface area contributed by atoms with Gasteiger partial charge in [-0.05, 0) is 24.1 Å². The summed E-state index contributed by atoms with van der Waals surface area (Å²) in [6.45, 7) is 4.04. The zero-order valence-electron chi connectivity index (χ0n) is 9.63. The van der Waals surface area contributed by atoms with E-state index in [1.165, 1.54) is 0 Å². The SMILES string of the molecule is CC(C)/C=C/NC(=O)Nc1cc(Cl)ccc1Cl. The van der Waals surface area contributed by atoms with Crippen LogP contribution in [0.2, 0.25) is 10.0 Å². The highest BCUT2D eigenvalue weighted by atomic mass is 35.5. The summed E-state index contributed by atoms with van der Waals surface area (Å²) >= 11 is 11.7. The Labute approximate surface area is 111 Å². The van der Waals surface area contributed by atoms with E-state index in [2.05, 4.69) is 10.6 Å². The van der Waals surface area contributed by atoms with E-state index in [1.807, 2.05) is 19.9 Å². The van der Waals surface area contributed by atoms with Crippen molar-refractivity contribution in [2.24, 2.45) is 5.92 Å². The molecule has 92 valence electrons. The number of nitrogens with one attached hydrogen (secondary N) is 2. The Bertz CT molecular complexity index is 431. The maximum Gasteiger partial charge on any atom is 0.323 e. The Morgan fingerprint density at radius 2 is 2.06 bits per heavy atom. The van der Waals surface area contributed by atoms with Crippen LogP contribution in [-0.4, -0.2) is 6.03 Å². The topological polar surface area (TPSA) is 41.1 Å². The molecule has 1 rings (SSSR count). The number of carbonyl (C=O) groups excluding carboxylic acids is 1. The molecule has 17 heavy (non-hydrogen) atoms. The molecule has 0 aliphatic carbocycles. The number of rotatable bonds is 3. The lowest BCUT2D eigenvalue weighted by Gasteiger charge is -2.07. The molecule has 1 aromatic rings. The third-order valence-electron chi connectivity index (χ3n) is 1.87. The number of carbonyl (C=O) groups is 1. The maximum atomic E-state index is 11.5. The molecule has 0 aliphatic heterocycles. The molecule has 0 unspecified atom stereocenters. The molecule has 0 saturated heterocycles. The van der Waals surface area contributed by atoms with Gasteiger partial charge in [-0.2, -0.15) is 0 Å². The molecule has 1 aromatic carbocycles. The molecule has 0 saturated carbocycles. The van der Waals surface area contributed by atoms with Gasteiger partial charge in [0.2, 0.25) is 0 Å². The molecule has 0 aliphatic rings. The summed E-state index contributed by atoms with van der Waals surface area (Å²) in [6, 6.07) is 4.52. The first-order valence-corrected chi connectivity index (χ1v) is 5.94. The van der Waals surface area contributed by atoms with Gasteiger partial charge < -0.3 is 10.6 Å². The van der Waals surface area contributed by atoms with E-state index in [4.69, 9.17) is 23.2 Å². The average molecular weight is 273 g/mol. The third-order valence-corrected chi connectivity index (χ3v) is 2.44. The minimum atomic E-state index is -0.355. The Morgan fingerprint density at radius 3 is 2.71 bits per heavy atom. The number of hydrogen-bond donors (Lipinski definition) is 2. The van der Waals surface area contributed by atoms with Gasteiger partial charge >= 0.3 is 6.03 Å². The van der Waals surface area contributed by atoms with E-state index in [-0.39, 0.29) is 6.03 Å². The van der Waals surface area contributed by atoms with Crippen LogP contribution in [0.25, 0.3) is 0 Å². The van der Waals surface area contributed by atoms with E-state index in [1.54, 1.807) is 24.4 Å². The smallest absolute Gasteiger partial charge is 0.315 e. The van der Waals surface area contributed by atoms with Crippen LogP contribution in [0.5, 0.6) is 0 Å². The molecule has 0 spiro atoms. The summed E-state index contributed by atoms with van der Waals surface area (Å²) in [5.41, 5.74) is 0.481. The minimum Gasteiger partial charge on any atom is -0.315 e. The van der Waals surface area contributed by atoms with Crippen molar-refractivity contribution in [3.05, 3.63) is 40.5 Å². The fourth-order valence-electron chi connectivity index (χ4n) is 1.07. The van der Waals surface area contributed by atoms with Crippen molar-refractivity contribution in [2.45, 2.75) is 13.8 Å². The highest BCUT2D eigenvalue weighted by Crippen LogP contribution is 2.25. The maximum absolute atomic E-state index is 11.5. The average Bonchev–Trinajstić information content (AvgIpc) is 2.23. The summed E-state index contributed by atoms with van der Waals surface area (Å²) in [5.74, 6) is 0.380. The molecule has 5 heteroatoms. The normalized spacial score (nSPS) is 10.9. The van der Waals surface area contributed by atoms with E-state index in [0.717, 1.165) is 0 Å². The summed E-state index contributed by atoms with van der Waals surface area (Å²) in [6.07, 6.45) is 3.47. The van der Waals surface area contributed by atoms with Crippen molar-refractivity contribution in [3.63, 3.8) is 0 Å². The Balaban J connectivity index is 2.59. The Kier molecular flexibility index (Phi) is 5.32. The first-order valence-electron chi connectivity index (χ1n) is 5.18. The lowest BCUT2D eigenvalue weighted by atomic mass is 10.2. The Morgan fingerprint density at radius 1 is 1.35 bits per heavy atom. The van der Waals surface area contributed by atoms with Gasteiger partial charge in [0.05, 0.1) is 10.7 Å². The van der Waals surface area contributed by atoms with Crippen molar-refractivity contribution in [1.82, 2.24) is 5.32 Å². The number of urea groups is 1. The lowest BCUT2D eigenvalue weighted by molar-refractivity contribution is 0.255. The van der Waals surface area contributed by atoms with Gasteiger partial charge in [-0.1, -0.05) is 43.1 Å². The van der Waals surface area contributed by atoms with Gasteiger partial charge in [0.1, 0.15) is 0 Å². The molecule has 3 nitrogen and oxygen atoms in total. The summed E-state index contributed by atoms with van der Waals surface area (Å²) < 4.78 is 0. The van der Waals surface area contributed by atoms with E-state index >= 15 is 0 Å². The number of benzene rings is 1. The fraction of sp³-hybridized carbons (Fsp3) is 0.250. The van der Waals surface area contributed by atoms with E-state index < -0.39 is 0 Å². The number of hydrogen-bond acceptors (Lipinski definition) is 1. The number of anilines is 1. The third kappa shape index (κ3) is 5.11. The van der Waals surface area contributed by atoms with Gasteiger partial charge in [0.25, 0.3) is 0 Å². The second-order valence-electron chi connectivity index (χ2n) is 3.83. The van der Waals surface area contributed by atoms with Gasteiger partial charge in [-0.25, -0.2) is 4.79 Å². The number of allylic oxidation sites excluding steroid dienone is 1. The van der Waals surface area contributed by atoms with Crippen molar-refractivity contribution in [3.8, 4) is 0 Å². The van der Waals surface area contributed by atoms with E-state index in [0.29, 0.717) is 21.7 Å². The Hall–Kier alpha value is -1.19. The monoisotopic (exact) mass is 272 g/mol. The van der Waals surface area contributed by atoms with Crippen LogP contribution in [0.15, 0.2) is 30.5 Å². The van der Waals surface area contributed by atoms with Crippen LogP contribution in [0.4, 0.5) is 10.5 Å². The van der Waals surface area contributed by atoms with Crippen LogP contribution in [0.3, 0.4) is 0 Å². The zero-order chi connectivity index (χ0) is 12.8. The van der Waals surface area contributed by atoms with Gasteiger partial charge in [0, 0.05) is 11.2 Å². The minimum absolute atomic E-state index is 0.355. The zero-order valence-corrected chi connectivity index (χ0v) is 11.1. The first kappa shape index (κ1) is 13.9. The van der Waals surface area contributed by atoms with Crippen molar-refractivity contribution >= 4 is 34.9 Å². The highest BCUT2D eigenvalue weighted by Gasteiger charge is 2.04. The second kappa shape index (κ2) is 6.52. The molecule has 0 bridgehead atoms. The van der Waals surface area contributed by atoms with Crippen LogP contribution in [0.1, 0.15) is 13.8 Å². The molecule has 0 fully saturated rings. The van der Waals surface area contributed by atoms with Crippen molar-refractivity contribution < 1.29 is 4.79 Å². The molecule has 0 radical (unpaired) electrons. The highest BCUT2D eigenvalue weighted by molar-refractivity contribution is 6.35. The fourth-order valence-corrected chi connectivity index (χ4v) is 1.40. The molecule has 2 amide bonds. The molecular weight excluding hydrogens is 259 g/mol. The van der Waals surface area contributed by atoms with Crippen LogP contribution < -0.4 is 10.6 Å². The molecule has 2 N–H and O–H groups in total.